The first-order valence-corrected chi connectivity index (χ1v) is 9.40. The number of hydrogen-bond donors (Lipinski definition) is 2. The van der Waals surface area contributed by atoms with Gasteiger partial charge in [-0.15, -0.1) is 0 Å². The van der Waals surface area contributed by atoms with E-state index in [1.54, 1.807) is 21.3 Å². The van der Waals surface area contributed by atoms with Crippen LogP contribution in [0.25, 0.3) is 11.3 Å². The monoisotopic (exact) mass is 394 g/mol. The molecule has 3 rings (SSSR count). The van der Waals surface area contributed by atoms with Crippen molar-refractivity contribution in [3.8, 4) is 22.8 Å². The normalized spacial score (nSPS) is 10.4. The van der Waals surface area contributed by atoms with Crippen molar-refractivity contribution in [3.63, 3.8) is 0 Å². The smallest absolute Gasteiger partial charge is 0.225 e. The second-order valence-electron chi connectivity index (χ2n) is 6.30. The maximum Gasteiger partial charge on any atom is 0.225 e. The first-order chi connectivity index (χ1) is 14.2. The molecule has 0 amide bonds. The summed E-state index contributed by atoms with van der Waals surface area (Å²) in [5.41, 5.74) is 2.69. The minimum atomic E-state index is 0.561. The van der Waals surface area contributed by atoms with Gasteiger partial charge in [-0.3, -0.25) is 0 Å². The van der Waals surface area contributed by atoms with Crippen molar-refractivity contribution in [2.24, 2.45) is 0 Å². The molecule has 3 aromatic rings. The third-order valence-corrected chi connectivity index (χ3v) is 4.26. The Bertz CT molecular complexity index is 919. The lowest BCUT2D eigenvalue weighted by Crippen LogP contribution is -2.09. The molecule has 7 heteroatoms. The summed E-state index contributed by atoms with van der Waals surface area (Å²) >= 11 is 0. The number of nitrogens with one attached hydrogen (secondary N) is 2. The Morgan fingerprint density at radius 1 is 0.862 bits per heavy atom. The lowest BCUT2D eigenvalue weighted by molar-refractivity contribution is 0.197. The summed E-state index contributed by atoms with van der Waals surface area (Å²) in [4.78, 5) is 9.26. The van der Waals surface area contributed by atoms with Crippen LogP contribution in [0.15, 0.2) is 54.6 Å². The van der Waals surface area contributed by atoms with Crippen LogP contribution >= 0.6 is 0 Å². The van der Waals surface area contributed by atoms with Gasteiger partial charge >= 0.3 is 0 Å². The third-order valence-electron chi connectivity index (χ3n) is 4.26. The van der Waals surface area contributed by atoms with E-state index in [9.17, 15) is 0 Å². The molecule has 2 aromatic carbocycles. The van der Waals surface area contributed by atoms with E-state index >= 15 is 0 Å². The summed E-state index contributed by atoms with van der Waals surface area (Å²) in [6.07, 6.45) is 0.869. The van der Waals surface area contributed by atoms with Crippen molar-refractivity contribution in [2.75, 3.05) is 45.1 Å². The number of anilines is 3. The molecule has 29 heavy (non-hydrogen) atoms. The average molecular weight is 394 g/mol. The fraction of sp³-hybridized carbons (Fsp3) is 0.273. The average Bonchev–Trinajstić information content (AvgIpc) is 2.77. The van der Waals surface area contributed by atoms with Crippen molar-refractivity contribution < 1.29 is 14.2 Å². The summed E-state index contributed by atoms with van der Waals surface area (Å²) in [6.45, 7) is 1.41. The highest BCUT2D eigenvalue weighted by molar-refractivity contribution is 5.68. The molecule has 0 saturated carbocycles. The fourth-order valence-corrected chi connectivity index (χ4v) is 2.83. The molecule has 7 nitrogen and oxygen atoms in total. The Morgan fingerprint density at radius 2 is 1.66 bits per heavy atom. The Kier molecular flexibility index (Phi) is 7.24. The highest BCUT2D eigenvalue weighted by atomic mass is 16.5. The van der Waals surface area contributed by atoms with Crippen LogP contribution in [0.4, 0.5) is 17.5 Å². The van der Waals surface area contributed by atoms with E-state index in [-0.39, 0.29) is 0 Å². The summed E-state index contributed by atoms with van der Waals surface area (Å²) in [5, 5.41) is 6.60. The molecular formula is C22H26N4O3. The summed E-state index contributed by atoms with van der Waals surface area (Å²) in [6, 6.07) is 17.6. The third kappa shape index (κ3) is 5.58. The van der Waals surface area contributed by atoms with Gasteiger partial charge in [-0.1, -0.05) is 30.3 Å². The van der Waals surface area contributed by atoms with E-state index in [0.717, 1.165) is 29.9 Å². The van der Waals surface area contributed by atoms with Crippen LogP contribution < -0.4 is 20.1 Å². The highest BCUT2D eigenvalue weighted by Crippen LogP contribution is 2.31. The minimum Gasteiger partial charge on any atom is -0.493 e. The molecule has 2 N–H and O–H groups in total. The van der Waals surface area contributed by atoms with Crippen LogP contribution in [0.5, 0.6) is 11.5 Å². The van der Waals surface area contributed by atoms with Crippen LogP contribution in [0.3, 0.4) is 0 Å². The van der Waals surface area contributed by atoms with Crippen LogP contribution in [-0.4, -0.2) is 44.4 Å². The molecule has 152 valence electrons. The second-order valence-corrected chi connectivity index (χ2v) is 6.30. The van der Waals surface area contributed by atoms with Gasteiger partial charge < -0.3 is 24.8 Å². The van der Waals surface area contributed by atoms with Crippen LogP contribution in [-0.2, 0) is 4.74 Å². The number of ether oxygens (including phenoxy) is 3. The molecule has 0 fully saturated rings. The number of rotatable bonds is 10. The van der Waals surface area contributed by atoms with Gasteiger partial charge in [0.15, 0.2) is 11.5 Å². The number of hydrogen-bond acceptors (Lipinski definition) is 7. The van der Waals surface area contributed by atoms with Crippen LogP contribution in [0.2, 0.25) is 0 Å². The zero-order valence-electron chi connectivity index (χ0n) is 16.9. The van der Waals surface area contributed by atoms with Gasteiger partial charge in [0, 0.05) is 43.6 Å². The number of methoxy groups -OCH3 is 3. The zero-order chi connectivity index (χ0) is 20.5. The molecule has 1 heterocycles. The largest absolute Gasteiger partial charge is 0.493 e. The molecule has 0 radical (unpaired) electrons. The molecule has 0 bridgehead atoms. The molecule has 0 aliphatic heterocycles. The zero-order valence-corrected chi connectivity index (χ0v) is 16.9. The second kappa shape index (κ2) is 10.3. The Hall–Kier alpha value is -3.32. The van der Waals surface area contributed by atoms with Gasteiger partial charge in [-0.05, 0) is 18.6 Å². The standard InChI is InChI=1S/C22H26N4O3/c1-27-13-7-12-23-22-25-18(16-8-5-4-6-9-16)15-21(26-22)24-17-10-11-19(28-2)20(14-17)29-3/h4-6,8-11,14-15H,7,12-13H2,1-3H3,(H2,23,24,25,26). The molecule has 0 aliphatic rings. The minimum absolute atomic E-state index is 0.561. The van der Waals surface area contributed by atoms with E-state index in [1.807, 2.05) is 54.6 Å². The van der Waals surface area contributed by atoms with Gasteiger partial charge in [-0.2, -0.15) is 4.98 Å². The van der Waals surface area contributed by atoms with Crippen molar-refractivity contribution >= 4 is 17.5 Å². The van der Waals surface area contributed by atoms with Crippen LogP contribution in [0, 0.1) is 0 Å². The first kappa shape index (κ1) is 20.4. The maximum atomic E-state index is 5.39. The summed E-state index contributed by atoms with van der Waals surface area (Å²) in [7, 11) is 4.92. The SMILES string of the molecule is COCCCNc1nc(Nc2ccc(OC)c(OC)c2)cc(-c2ccccc2)n1. The molecule has 1 aromatic heterocycles. The maximum absolute atomic E-state index is 5.39. The molecule has 0 unspecified atom stereocenters. The summed E-state index contributed by atoms with van der Waals surface area (Å²) in [5.74, 6) is 2.56. The lowest BCUT2D eigenvalue weighted by atomic mass is 10.1. The molecule has 0 spiro atoms. The summed E-state index contributed by atoms with van der Waals surface area (Å²) < 4.78 is 15.8. The van der Waals surface area contributed by atoms with Crippen molar-refractivity contribution in [1.29, 1.82) is 0 Å². The highest BCUT2D eigenvalue weighted by Gasteiger charge is 2.09. The van der Waals surface area contributed by atoms with E-state index in [4.69, 9.17) is 14.2 Å². The van der Waals surface area contributed by atoms with E-state index in [0.29, 0.717) is 29.9 Å². The van der Waals surface area contributed by atoms with Gasteiger partial charge in [0.25, 0.3) is 0 Å². The molecule has 0 aliphatic carbocycles. The van der Waals surface area contributed by atoms with Gasteiger partial charge in [0.2, 0.25) is 5.95 Å². The molecule has 0 saturated heterocycles. The quantitative estimate of drug-likeness (QED) is 0.495. The van der Waals surface area contributed by atoms with E-state index < -0.39 is 0 Å². The van der Waals surface area contributed by atoms with Crippen molar-refractivity contribution in [2.45, 2.75) is 6.42 Å². The Balaban J connectivity index is 1.88. The Labute approximate surface area is 171 Å². The number of nitrogens with zero attached hydrogens (tertiary/aromatic N) is 2. The van der Waals surface area contributed by atoms with Gasteiger partial charge in [0.05, 0.1) is 19.9 Å². The molecular weight excluding hydrogens is 368 g/mol. The fourth-order valence-electron chi connectivity index (χ4n) is 2.83. The number of aromatic nitrogens is 2. The van der Waals surface area contributed by atoms with Crippen LogP contribution in [0.1, 0.15) is 6.42 Å². The van der Waals surface area contributed by atoms with Crippen molar-refractivity contribution in [1.82, 2.24) is 9.97 Å². The lowest BCUT2D eigenvalue weighted by Gasteiger charge is -2.13. The number of benzene rings is 2. The van der Waals surface area contributed by atoms with E-state index in [1.165, 1.54) is 0 Å². The first-order valence-electron chi connectivity index (χ1n) is 9.40. The van der Waals surface area contributed by atoms with Crippen molar-refractivity contribution in [3.05, 3.63) is 54.6 Å². The molecule has 0 atom stereocenters. The predicted octanol–water partition coefficient (Wildman–Crippen LogP) is 4.35. The van der Waals surface area contributed by atoms with Gasteiger partial charge in [0.1, 0.15) is 5.82 Å². The van der Waals surface area contributed by atoms with E-state index in [2.05, 4.69) is 20.6 Å². The van der Waals surface area contributed by atoms with Gasteiger partial charge in [-0.25, -0.2) is 4.98 Å². The predicted molar refractivity (Wildman–Crippen MR) is 115 cm³/mol. The topological polar surface area (TPSA) is 77.5 Å². The Morgan fingerprint density at radius 3 is 2.38 bits per heavy atom.